The third-order valence-electron chi connectivity index (χ3n) is 3.28. The zero-order valence-electron chi connectivity index (χ0n) is 13.1. The molecule has 0 spiro atoms. The molecule has 0 fully saturated rings. The largest absolute Gasteiger partial charge is 0.472 e. The van der Waals surface area contributed by atoms with Gasteiger partial charge in [0.25, 0.3) is 0 Å². The van der Waals surface area contributed by atoms with E-state index < -0.39 is 17.4 Å². The Bertz CT molecular complexity index is 739. The van der Waals surface area contributed by atoms with E-state index in [2.05, 4.69) is 5.92 Å². The van der Waals surface area contributed by atoms with Crippen molar-refractivity contribution in [2.24, 2.45) is 0 Å². The second-order valence-corrected chi connectivity index (χ2v) is 5.29. The zero-order chi connectivity index (χ0) is 17.6. The molecule has 1 aromatic carbocycles. The van der Waals surface area contributed by atoms with Crippen LogP contribution in [0.15, 0.2) is 12.1 Å². The van der Waals surface area contributed by atoms with Crippen molar-refractivity contribution in [2.75, 3.05) is 6.61 Å². The van der Waals surface area contributed by atoms with Crippen LogP contribution in [0.3, 0.4) is 0 Å². The molecule has 1 atom stereocenters. The number of nitrogens with zero attached hydrogens (tertiary/aromatic N) is 1. The molecule has 0 radical (unpaired) electrons. The van der Waals surface area contributed by atoms with Crippen molar-refractivity contribution in [1.29, 1.82) is 5.26 Å². The Morgan fingerprint density at radius 3 is 2.52 bits per heavy atom. The molecule has 120 valence electrons. The number of benzene rings is 1. The second kappa shape index (κ2) is 7.67. The first-order chi connectivity index (χ1) is 10.8. The van der Waals surface area contributed by atoms with E-state index in [0.29, 0.717) is 22.6 Å². The van der Waals surface area contributed by atoms with Crippen molar-refractivity contribution in [3.63, 3.8) is 0 Å². The SMILES string of the molecule is CCOC(=O)C(C)(C#N)c1c(C#CC(=O)O)cc(Cl)cc1CC. The fourth-order valence-corrected chi connectivity index (χ4v) is 2.47. The molecule has 23 heavy (non-hydrogen) atoms. The van der Waals surface area contributed by atoms with Gasteiger partial charge in [0.15, 0.2) is 5.41 Å². The Labute approximate surface area is 139 Å². The fraction of sp³-hybridized carbons (Fsp3) is 0.353. The summed E-state index contributed by atoms with van der Waals surface area (Å²) in [5, 5.41) is 18.7. The summed E-state index contributed by atoms with van der Waals surface area (Å²) in [7, 11) is 0. The molecular weight excluding hydrogens is 318 g/mol. The third-order valence-corrected chi connectivity index (χ3v) is 3.50. The molecule has 0 heterocycles. The van der Waals surface area contributed by atoms with Crippen LogP contribution in [-0.4, -0.2) is 23.7 Å². The van der Waals surface area contributed by atoms with E-state index in [4.69, 9.17) is 21.4 Å². The van der Waals surface area contributed by atoms with Gasteiger partial charge in [-0.05, 0) is 38.0 Å². The number of nitriles is 1. The lowest BCUT2D eigenvalue weighted by Gasteiger charge is -2.24. The summed E-state index contributed by atoms with van der Waals surface area (Å²) in [6.07, 6.45) is 0.494. The van der Waals surface area contributed by atoms with Crippen molar-refractivity contribution >= 4 is 23.5 Å². The number of rotatable bonds is 4. The number of aryl methyl sites for hydroxylation is 1. The number of esters is 1. The average molecular weight is 334 g/mol. The molecule has 0 aliphatic rings. The highest BCUT2D eigenvalue weighted by Gasteiger charge is 2.40. The van der Waals surface area contributed by atoms with Crippen molar-refractivity contribution in [2.45, 2.75) is 32.6 Å². The van der Waals surface area contributed by atoms with Gasteiger partial charge in [-0.25, -0.2) is 9.59 Å². The lowest BCUT2D eigenvalue weighted by atomic mass is 9.77. The highest BCUT2D eigenvalue weighted by atomic mass is 35.5. The number of hydrogen-bond donors (Lipinski definition) is 1. The quantitative estimate of drug-likeness (QED) is 0.676. The predicted octanol–water partition coefficient (Wildman–Crippen LogP) is 2.68. The van der Waals surface area contributed by atoms with E-state index in [1.54, 1.807) is 13.0 Å². The van der Waals surface area contributed by atoms with Crippen molar-refractivity contribution in [1.82, 2.24) is 0 Å². The summed E-state index contributed by atoms with van der Waals surface area (Å²) in [6.45, 7) is 5.04. The first-order valence-electron chi connectivity index (χ1n) is 6.96. The summed E-state index contributed by atoms with van der Waals surface area (Å²) in [5.41, 5.74) is -0.397. The maximum Gasteiger partial charge on any atom is 0.382 e. The highest BCUT2D eigenvalue weighted by Crippen LogP contribution is 2.33. The van der Waals surface area contributed by atoms with Gasteiger partial charge in [0.1, 0.15) is 0 Å². The fourth-order valence-electron chi connectivity index (χ4n) is 2.23. The number of carboxylic acids is 1. The number of hydrogen-bond acceptors (Lipinski definition) is 4. The Kier molecular flexibility index (Phi) is 6.18. The summed E-state index contributed by atoms with van der Waals surface area (Å²) in [4.78, 5) is 23.0. The molecule has 1 unspecified atom stereocenters. The Morgan fingerprint density at radius 1 is 1.39 bits per heavy atom. The predicted molar refractivity (Wildman–Crippen MR) is 84.9 cm³/mol. The Morgan fingerprint density at radius 2 is 2.04 bits per heavy atom. The van der Waals surface area contributed by atoms with Crippen LogP contribution in [0, 0.1) is 23.2 Å². The molecule has 6 heteroatoms. The van der Waals surface area contributed by atoms with Crippen LogP contribution in [-0.2, 0) is 26.2 Å². The van der Waals surface area contributed by atoms with E-state index in [-0.39, 0.29) is 12.2 Å². The molecule has 0 aliphatic carbocycles. The second-order valence-electron chi connectivity index (χ2n) is 4.85. The molecule has 0 bridgehead atoms. The molecule has 0 aromatic heterocycles. The highest BCUT2D eigenvalue weighted by molar-refractivity contribution is 6.30. The van der Waals surface area contributed by atoms with Crippen LogP contribution >= 0.6 is 11.6 Å². The smallest absolute Gasteiger partial charge is 0.382 e. The van der Waals surface area contributed by atoms with Gasteiger partial charge in [-0.15, -0.1) is 0 Å². The maximum absolute atomic E-state index is 12.3. The standard InChI is InChI=1S/C17H16ClNO4/c1-4-11-8-13(18)9-12(6-7-14(20)21)15(11)17(3,10-19)16(22)23-5-2/h8-9H,4-5H2,1-3H3,(H,20,21). The summed E-state index contributed by atoms with van der Waals surface area (Å²) < 4.78 is 5.00. The molecule has 1 N–H and O–H groups in total. The number of carbonyl (C=O) groups is 2. The van der Waals surface area contributed by atoms with E-state index in [0.717, 1.165) is 0 Å². The molecule has 5 nitrogen and oxygen atoms in total. The van der Waals surface area contributed by atoms with Crippen LogP contribution < -0.4 is 0 Å². The van der Waals surface area contributed by atoms with Gasteiger partial charge in [0.2, 0.25) is 0 Å². The van der Waals surface area contributed by atoms with E-state index in [1.807, 2.05) is 18.9 Å². The summed E-state index contributed by atoms with van der Waals surface area (Å²) in [6, 6.07) is 5.05. The molecule has 0 amide bonds. The molecule has 1 aromatic rings. The lowest BCUT2D eigenvalue weighted by molar-refractivity contribution is -0.147. The van der Waals surface area contributed by atoms with E-state index in [9.17, 15) is 14.9 Å². The minimum Gasteiger partial charge on any atom is -0.472 e. The average Bonchev–Trinajstić information content (AvgIpc) is 2.51. The first kappa shape index (κ1) is 18.5. The first-order valence-corrected chi connectivity index (χ1v) is 7.34. The summed E-state index contributed by atoms with van der Waals surface area (Å²) >= 11 is 6.04. The normalized spacial score (nSPS) is 12.3. The molecule has 1 rings (SSSR count). The number of aliphatic carboxylic acids is 1. The lowest BCUT2D eigenvalue weighted by Crippen LogP contribution is -2.35. The van der Waals surface area contributed by atoms with Gasteiger partial charge in [-0.3, -0.25) is 0 Å². The van der Waals surface area contributed by atoms with Crippen LogP contribution in [0.4, 0.5) is 0 Å². The van der Waals surface area contributed by atoms with E-state index >= 15 is 0 Å². The number of halogens is 1. The number of carbonyl (C=O) groups excluding carboxylic acids is 1. The molecule has 0 saturated carbocycles. The maximum atomic E-state index is 12.3. The van der Waals surface area contributed by atoms with Gasteiger partial charge in [0, 0.05) is 22.1 Å². The van der Waals surface area contributed by atoms with Crippen LogP contribution in [0.25, 0.3) is 0 Å². The van der Waals surface area contributed by atoms with Crippen LogP contribution in [0.1, 0.15) is 37.5 Å². The van der Waals surface area contributed by atoms with Crippen LogP contribution in [0.2, 0.25) is 5.02 Å². The van der Waals surface area contributed by atoms with E-state index in [1.165, 1.54) is 13.0 Å². The molecular formula is C17H16ClNO4. The minimum atomic E-state index is -1.60. The number of ether oxygens (including phenoxy) is 1. The minimum absolute atomic E-state index is 0.126. The van der Waals surface area contributed by atoms with Crippen LogP contribution in [0.5, 0.6) is 0 Å². The van der Waals surface area contributed by atoms with Gasteiger partial charge in [-0.1, -0.05) is 24.4 Å². The molecule has 0 aliphatic heterocycles. The van der Waals surface area contributed by atoms with Crippen molar-refractivity contribution < 1.29 is 19.4 Å². The van der Waals surface area contributed by atoms with Crippen molar-refractivity contribution in [3.05, 3.63) is 33.8 Å². The van der Waals surface area contributed by atoms with Gasteiger partial charge >= 0.3 is 11.9 Å². The van der Waals surface area contributed by atoms with Gasteiger partial charge < -0.3 is 9.84 Å². The molecule has 0 saturated heterocycles. The number of carboxylic acid groups (broad SMARTS) is 1. The van der Waals surface area contributed by atoms with Gasteiger partial charge in [0.05, 0.1) is 12.7 Å². The third kappa shape index (κ3) is 4.03. The van der Waals surface area contributed by atoms with Gasteiger partial charge in [-0.2, -0.15) is 5.26 Å². The Balaban J connectivity index is 3.73. The zero-order valence-corrected chi connectivity index (χ0v) is 13.8. The van der Waals surface area contributed by atoms with Crippen molar-refractivity contribution in [3.8, 4) is 17.9 Å². The Hall–Kier alpha value is -2.50. The topological polar surface area (TPSA) is 87.4 Å². The summed E-state index contributed by atoms with van der Waals surface area (Å²) in [5.74, 6) is 2.44. The monoisotopic (exact) mass is 333 g/mol.